The maximum absolute atomic E-state index is 12.7. The number of Topliss-reactive ketones (excluding diaryl/α,β-unsaturated/α-hetero) is 2. The third-order valence-electron chi connectivity index (χ3n) is 5.15. The molecule has 1 heterocycles. The van der Waals surface area contributed by atoms with Gasteiger partial charge in [0.25, 0.3) is 5.91 Å². The van der Waals surface area contributed by atoms with Crippen LogP contribution in [0.5, 0.6) is 0 Å². The molecular formula is C23H29N5O7. The Morgan fingerprint density at radius 1 is 1.06 bits per heavy atom. The van der Waals surface area contributed by atoms with Gasteiger partial charge in [0.2, 0.25) is 0 Å². The second kappa shape index (κ2) is 13.1. The molecule has 2 atom stereocenters. The van der Waals surface area contributed by atoms with E-state index in [0.717, 1.165) is 12.7 Å². The van der Waals surface area contributed by atoms with Crippen LogP contribution in [0, 0.1) is 5.92 Å². The number of carbonyl (C=O) groups is 4. The maximum atomic E-state index is 12.7. The zero-order chi connectivity index (χ0) is 26.0. The Balaban J connectivity index is 2.12. The second-order valence-corrected chi connectivity index (χ2v) is 7.60. The molecule has 0 aliphatic rings. The van der Waals surface area contributed by atoms with Gasteiger partial charge in [-0.1, -0.05) is 37.3 Å². The first kappa shape index (κ1) is 27.3. The fourth-order valence-electron chi connectivity index (χ4n) is 3.18. The molecule has 0 saturated carbocycles. The third-order valence-corrected chi connectivity index (χ3v) is 5.15. The Morgan fingerprint density at radius 2 is 1.69 bits per heavy atom. The summed E-state index contributed by atoms with van der Waals surface area (Å²) in [4.78, 5) is 57.0. The number of amides is 1. The van der Waals surface area contributed by atoms with Crippen molar-refractivity contribution in [2.45, 2.75) is 32.4 Å². The van der Waals surface area contributed by atoms with Gasteiger partial charge in [-0.25, -0.2) is 14.8 Å². The summed E-state index contributed by atoms with van der Waals surface area (Å²) >= 11 is 0. The first-order valence-corrected chi connectivity index (χ1v) is 10.8. The van der Waals surface area contributed by atoms with Crippen LogP contribution in [0.3, 0.4) is 0 Å². The van der Waals surface area contributed by atoms with Gasteiger partial charge in [0.15, 0.2) is 40.6 Å². The van der Waals surface area contributed by atoms with E-state index in [-0.39, 0.29) is 31.1 Å². The maximum Gasteiger partial charge on any atom is 0.330 e. The van der Waals surface area contributed by atoms with Crippen molar-refractivity contribution in [3.63, 3.8) is 0 Å². The number of ether oxygens (including phenoxy) is 2. The Bertz CT molecular complexity index is 1060. The van der Waals surface area contributed by atoms with Crippen LogP contribution in [0.25, 0.3) is 0 Å². The standard InChI is InChI=1S/C23H29N5O7/c1-3-14(17(31)10-29)9-16(30)18-20(24)28-19(21(25)27-18)22(32)26-15(23(33)34-2)12-35-11-13-7-5-4-6-8-13/h4-8,14-15,29H,3,9-12H2,1-2H3,(H2,24,28)(H2,25,27)(H,26,32)/t14-,15+/m0/s1. The number of aromatic nitrogens is 2. The van der Waals surface area contributed by atoms with Gasteiger partial charge in [0.1, 0.15) is 6.61 Å². The van der Waals surface area contributed by atoms with E-state index in [1.807, 2.05) is 30.3 Å². The number of nitrogen functional groups attached to an aromatic ring is 2. The number of nitrogens with zero attached hydrogens (tertiary/aromatic N) is 2. The lowest BCUT2D eigenvalue weighted by molar-refractivity contribution is -0.144. The number of methoxy groups -OCH3 is 1. The zero-order valence-electron chi connectivity index (χ0n) is 19.5. The number of carbonyl (C=O) groups excluding carboxylic acids is 4. The Hall–Kier alpha value is -3.90. The molecule has 1 amide bonds. The molecule has 0 fully saturated rings. The van der Waals surface area contributed by atoms with Crippen molar-refractivity contribution < 1.29 is 33.8 Å². The molecule has 0 unspecified atom stereocenters. The summed E-state index contributed by atoms with van der Waals surface area (Å²) in [6.45, 7) is 1.02. The third kappa shape index (κ3) is 7.55. The van der Waals surface area contributed by atoms with Crippen LogP contribution in [0.2, 0.25) is 0 Å². The lowest BCUT2D eigenvalue weighted by Gasteiger charge is -2.17. The van der Waals surface area contributed by atoms with E-state index in [1.165, 1.54) is 0 Å². The van der Waals surface area contributed by atoms with E-state index in [1.54, 1.807) is 6.92 Å². The van der Waals surface area contributed by atoms with Gasteiger partial charge >= 0.3 is 5.97 Å². The van der Waals surface area contributed by atoms with Crippen molar-refractivity contribution in [3.05, 3.63) is 47.3 Å². The van der Waals surface area contributed by atoms with Crippen LogP contribution < -0.4 is 16.8 Å². The average Bonchev–Trinajstić information content (AvgIpc) is 2.87. The number of ketones is 2. The quantitative estimate of drug-likeness (QED) is 0.224. The smallest absolute Gasteiger partial charge is 0.330 e. The number of aliphatic hydroxyl groups is 1. The molecule has 188 valence electrons. The summed E-state index contributed by atoms with van der Waals surface area (Å²) in [7, 11) is 1.16. The molecule has 0 aliphatic carbocycles. The summed E-state index contributed by atoms with van der Waals surface area (Å²) in [5.41, 5.74) is 11.9. The van der Waals surface area contributed by atoms with Gasteiger partial charge < -0.3 is 31.4 Å². The topological polar surface area (TPSA) is 197 Å². The average molecular weight is 488 g/mol. The largest absolute Gasteiger partial charge is 0.467 e. The van der Waals surface area contributed by atoms with E-state index in [4.69, 9.17) is 26.0 Å². The molecule has 12 heteroatoms. The highest BCUT2D eigenvalue weighted by Gasteiger charge is 2.28. The zero-order valence-corrected chi connectivity index (χ0v) is 19.5. The van der Waals surface area contributed by atoms with Gasteiger partial charge in [-0.3, -0.25) is 14.4 Å². The molecule has 0 radical (unpaired) electrons. The van der Waals surface area contributed by atoms with Crippen LogP contribution in [0.4, 0.5) is 11.6 Å². The number of nitrogens with two attached hydrogens (primary N) is 2. The predicted octanol–water partition coefficient (Wildman–Crippen LogP) is 0.290. The van der Waals surface area contributed by atoms with Crippen molar-refractivity contribution in [2.75, 3.05) is 31.8 Å². The molecule has 0 aliphatic heterocycles. The fraction of sp³-hybridized carbons (Fsp3) is 0.391. The molecule has 0 bridgehead atoms. The van der Waals surface area contributed by atoms with Gasteiger partial charge in [0.05, 0.1) is 20.3 Å². The normalized spacial score (nSPS) is 12.4. The number of benzene rings is 1. The van der Waals surface area contributed by atoms with Crippen LogP contribution in [-0.4, -0.2) is 64.9 Å². The van der Waals surface area contributed by atoms with Crippen molar-refractivity contribution in [1.82, 2.24) is 15.3 Å². The molecule has 0 spiro atoms. The number of hydrogen-bond acceptors (Lipinski definition) is 11. The number of aliphatic hydroxyl groups excluding tert-OH is 1. The summed E-state index contributed by atoms with van der Waals surface area (Å²) in [5.74, 6) is -4.19. The van der Waals surface area contributed by atoms with E-state index in [2.05, 4.69) is 15.3 Å². The lowest BCUT2D eigenvalue weighted by atomic mass is 9.94. The number of hydrogen-bond donors (Lipinski definition) is 4. The van der Waals surface area contributed by atoms with Crippen molar-refractivity contribution in [2.24, 2.45) is 5.92 Å². The molecule has 2 aromatic rings. The van der Waals surface area contributed by atoms with Gasteiger partial charge in [-0.05, 0) is 12.0 Å². The summed E-state index contributed by atoms with van der Waals surface area (Å²) < 4.78 is 10.2. The van der Waals surface area contributed by atoms with Crippen molar-refractivity contribution >= 4 is 35.1 Å². The van der Waals surface area contributed by atoms with Crippen LogP contribution in [0.1, 0.15) is 46.3 Å². The first-order chi connectivity index (χ1) is 16.7. The van der Waals surface area contributed by atoms with E-state index < -0.39 is 53.5 Å². The highest BCUT2D eigenvalue weighted by Crippen LogP contribution is 2.19. The Morgan fingerprint density at radius 3 is 2.29 bits per heavy atom. The second-order valence-electron chi connectivity index (χ2n) is 7.60. The van der Waals surface area contributed by atoms with Gasteiger partial charge in [-0.2, -0.15) is 0 Å². The number of esters is 1. The van der Waals surface area contributed by atoms with Crippen molar-refractivity contribution in [3.8, 4) is 0 Å². The molecule has 0 saturated heterocycles. The van der Waals surface area contributed by atoms with Crippen LogP contribution >= 0.6 is 0 Å². The number of nitrogens with one attached hydrogen (secondary N) is 1. The summed E-state index contributed by atoms with van der Waals surface area (Å²) in [6.07, 6.45) is 0.0820. The minimum atomic E-state index is -1.17. The van der Waals surface area contributed by atoms with Gasteiger partial charge in [-0.15, -0.1) is 0 Å². The van der Waals surface area contributed by atoms with E-state index in [9.17, 15) is 19.2 Å². The first-order valence-electron chi connectivity index (χ1n) is 10.8. The van der Waals surface area contributed by atoms with Crippen molar-refractivity contribution in [1.29, 1.82) is 0 Å². The van der Waals surface area contributed by atoms with E-state index in [0.29, 0.717) is 6.42 Å². The van der Waals surface area contributed by atoms with Gasteiger partial charge in [0, 0.05) is 12.3 Å². The minimum absolute atomic E-state index is 0.190. The summed E-state index contributed by atoms with van der Waals surface area (Å²) in [6, 6.07) is 8.05. The van der Waals surface area contributed by atoms with Crippen LogP contribution in [0.15, 0.2) is 30.3 Å². The predicted molar refractivity (Wildman–Crippen MR) is 125 cm³/mol. The Labute approximate surface area is 202 Å². The minimum Gasteiger partial charge on any atom is -0.467 e. The number of rotatable bonds is 13. The molecule has 1 aromatic heterocycles. The molecule has 35 heavy (non-hydrogen) atoms. The lowest BCUT2D eigenvalue weighted by Crippen LogP contribution is -2.45. The fourth-order valence-corrected chi connectivity index (χ4v) is 3.18. The Kier molecular flexibility index (Phi) is 10.2. The monoisotopic (exact) mass is 487 g/mol. The molecule has 1 aromatic carbocycles. The number of anilines is 2. The summed E-state index contributed by atoms with van der Waals surface area (Å²) in [5, 5.41) is 11.5. The SMILES string of the molecule is CC[C@@H](CC(=O)c1nc(N)c(C(=O)N[C@H](COCc2ccccc2)C(=O)OC)nc1N)C(=O)CO. The molecule has 2 rings (SSSR count). The highest BCUT2D eigenvalue weighted by atomic mass is 16.5. The molecule has 12 nitrogen and oxygen atoms in total. The van der Waals surface area contributed by atoms with Crippen LogP contribution in [-0.2, 0) is 25.7 Å². The highest BCUT2D eigenvalue weighted by molar-refractivity contribution is 6.03. The molecular weight excluding hydrogens is 458 g/mol. The van der Waals surface area contributed by atoms with E-state index >= 15 is 0 Å². The molecule has 6 N–H and O–H groups in total.